The van der Waals surface area contributed by atoms with E-state index < -0.39 is 0 Å². The summed E-state index contributed by atoms with van der Waals surface area (Å²) < 4.78 is 10.6. The highest BCUT2D eigenvalue weighted by Crippen LogP contribution is 2.24. The molecule has 6 nitrogen and oxygen atoms in total. The minimum atomic E-state index is -0.244. The SMILES string of the molecule is COc1ccc(OCC(=O)Nc2ccc(-c3nc4ccc(Cl)cc4[nH]3)cc2)cc1. The van der Waals surface area contributed by atoms with Crippen molar-refractivity contribution >= 4 is 34.2 Å². The van der Waals surface area contributed by atoms with Crippen molar-refractivity contribution in [2.45, 2.75) is 0 Å². The molecule has 0 bridgehead atoms. The summed E-state index contributed by atoms with van der Waals surface area (Å²) in [6.45, 7) is -0.0849. The van der Waals surface area contributed by atoms with E-state index in [4.69, 9.17) is 21.1 Å². The lowest BCUT2D eigenvalue weighted by atomic mass is 10.2. The molecule has 4 aromatic rings. The standard InChI is InChI=1S/C22H18ClN3O3/c1-28-17-7-9-18(10-8-17)29-13-21(27)24-16-5-2-14(3-6-16)22-25-19-11-4-15(23)12-20(19)26-22/h2-12H,13H2,1H3,(H,24,27)(H,25,26). The number of halogens is 1. The molecular formula is C22H18ClN3O3. The van der Waals surface area contributed by atoms with E-state index in [0.717, 1.165) is 28.2 Å². The Balaban J connectivity index is 1.37. The maximum absolute atomic E-state index is 12.1. The van der Waals surface area contributed by atoms with Crippen LogP contribution in [0, 0.1) is 0 Å². The number of benzene rings is 3. The number of nitrogens with one attached hydrogen (secondary N) is 2. The van der Waals surface area contributed by atoms with Crippen molar-refractivity contribution in [2.24, 2.45) is 0 Å². The topological polar surface area (TPSA) is 76.2 Å². The first kappa shape index (κ1) is 18.8. The van der Waals surface area contributed by atoms with E-state index in [-0.39, 0.29) is 12.5 Å². The number of imidazole rings is 1. The minimum Gasteiger partial charge on any atom is -0.497 e. The largest absolute Gasteiger partial charge is 0.497 e. The van der Waals surface area contributed by atoms with Gasteiger partial charge in [0.15, 0.2) is 6.61 Å². The highest BCUT2D eigenvalue weighted by atomic mass is 35.5. The van der Waals surface area contributed by atoms with Crippen LogP contribution in [0.15, 0.2) is 66.7 Å². The number of rotatable bonds is 6. The van der Waals surface area contributed by atoms with E-state index in [1.165, 1.54) is 0 Å². The van der Waals surface area contributed by atoms with Gasteiger partial charge in [-0.3, -0.25) is 4.79 Å². The first-order chi connectivity index (χ1) is 14.1. The Morgan fingerprint density at radius 2 is 1.76 bits per heavy atom. The van der Waals surface area contributed by atoms with Crippen LogP contribution in [0.2, 0.25) is 5.02 Å². The second-order valence-corrected chi connectivity index (χ2v) is 6.77. The lowest BCUT2D eigenvalue weighted by Crippen LogP contribution is -2.20. The average Bonchev–Trinajstić information content (AvgIpc) is 3.16. The molecule has 0 atom stereocenters. The van der Waals surface area contributed by atoms with E-state index in [9.17, 15) is 4.79 Å². The predicted molar refractivity (Wildman–Crippen MR) is 114 cm³/mol. The summed E-state index contributed by atoms with van der Waals surface area (Å²) in [4.78, 5) is 19.9. The molecule has 0 spiro atoms. The fraction of sp³-hybridized carbons (Fsp3) is 0.0909. The van der Waals surface area contributed by atoms with E-state index >= 15 is 0 Å². The molecule has 1 aromatic heterocycles. The normalized spacial score (nSPS) is 10.7. The highest BCUT2D eigenvalue weighted by Gasteiger charge is 2.08. The van der Waals surface area contributed by atoms with E-state index in [2.05, 4.69) is 15.3 Å². The molecule has 1 heterocycles. The molecule has 4 rings (SSSR count). The van der Waals surface area contributed by atoms with Gasteiger partial charge in [-0.25, -0.2) is 4.98 Å². The molecule has 0 aliphatic heterocycles. The third-order valence-corrected chi connectivity index (χ3v) is 4.55. The average molecular weight is 408 g/mol. The lowest BCUT2D eigenvalue weighted by molar-refractivity contribution is -0.118. The van der Waals surface area contributed by atoms with E-state index in [1.54, 1.807) is 37.4 Å². The van der Waals surface area contributed by atoms with Crippen LogP contribution in [-0.2, 0) is 4.79 Å². The van der Waals surface area contributed by atoms with Crippen molar-refractivity contribution in [1.82, 2.24) is 9.97 Å². The summed E-state index contributed by atoms with van der Waals surface area (Å²) >= 11 is 6.02. The number of carbonyl (C=O) groups is 1. The molecule has 0 unspecified atom stereocenters. The van der Waals surface area contributed by atoms with Gasteiger partial charge in [-0.05, 0) is 66.7 Å². The van der Waals surface area contributed by atoms with E-state index in [1.807, 2.05) is 36.4 Å². The van der Waals surface area contributed by atoms with Gasteiger partial charge in [0.1, 0.15) is 17.3 Å². The number of hydrogen-bond acceptors (Lipinski definition) is 4. The van der Waals surface area contributed by atoms with Crippen LogP contribution in [0.3, 0.4) is 0 Å². The Labute approximate surface area is 172 Å². The number of carbonyl (C=O) groups excluding carboxylic acids is 1. The van der Waals surface area contributed by atoms with Gasteiger partial charge in [-0.1, -0.05) is 11.6 Å². The molecule has 2 N–H and O–H groups in total. The van der Waals surface area contributed by atoms with Crippen LogP contribution >= 0.6 is 11.6 Å². The maximum Gasteiger partial charge on any atom is 0.262 e. The minimum absolute atomic E-state index is 0.0849. The molecular weight excluding hydrogens is 390 g/mol. The van der Waals surface area contributed by atoms with Crippen LogP contribution in [0.5, 0.6) is 11.5 Å². The quantitative estimate of drug-likeness (QED) is 0.476. The summed E-state index contributed by atoms with van der Waals surface area (Å²) in [7, 11) is 1.60. The van der Waals surface area contributed by atoms with Gasteiger partial charge >= 0.3 is 0 Å². The summed E-state index contributed by atoms with van der Waals surface area (Å²) in [6.07, 6.45) is 0. The Morgan fingerprint density at radius 3 is 2.48 bits per heavy atom. The molecule has 146 valence electrons. The monoisotopic (exact) mass is 407 g/mol. The van der Waals surface area contributed by atoms with Gasteiger partial charge in [-0.15, -0.1) is 0 Å². The maximum atomic E-state index is 12.1. The Morgan fingerprint density at radius 1 is 1.03 bits per heavy atom. The molecule has 7 heteroatoms. The van der Waals surface area contributed by atoms with Crippen molar-refractivity contribution in [1.29, 1.82) is 0 Å². The number of aromatic nitrogens is 2. The number of hydrogen-bond donors (Lipinski definition) is 2. The number of H-pyrrole nitrogens is 1. The molecule has 3 aromatic carbocycles. The second-order valence-electron chi connectivity index (χ2n) is 6.34. The fourth-order valence-electron chi connectivity index (χ4n) is 2.85. The number of nitrogens with zero attached hydrogens (tertiary/aromatic N) is 1. The van der Waals surface area contributed by atoms with Gasteiger partial charge in [0.2, 0.25) is 0 Å². The third-order valence-electron chi connectivity index (χ3n) is 4.32. The Bertz CT molecular complexity index is 1140. The van der Waals surface area contributed by atoms with Crippen molar-refractivity contribution < 1.29 is 14.3 Å². The third kappa shape index (κ3) is 4.50. The first-order valence-electron chi connectivity index (χ1n) is 8.93. The van der Waals surface area contributed by atoms with Crippen molar-refractivity contribution in [3.05, 3.63) is 71.8 Å². The van der Waals surface area contributed by atoms with Gasteiger partial charge in [0.05, 0.1) is 18.1 Å². The zero-order valence-electron chi connectivity index (χ0n) is 15.6. The first-order valence-corrected chi connectivity index (χ1v) is 9.31. The van der Waals surface area contributed by atoms with Crippen molar-refractivity contribution in [3.63, 3.8) is 0 Å². The van der Waals surface area contributed by atoms with Gasteiger partial charge in [-0.2, -0.15) is 0 Å². The van der Waals surface area contributed by atoms with Crippen LogP contribution in [-0.4, -0.2) is 29.6 Å². The van der Waals surface area contributed by atoms with Crippen LogP contribution in [0.4, 0.5) is 5.69 Å². The zero-order chi connectivity index (χ0) is 20.2. The Hall–Kier alpha value is -3.51. The molecule has 0 fully saturated rings. The second kappa shape index (κ2) is 8.24. The number of methoxy groups -OCH3 is 1. The van der Waals surface area contributed by atoms with Gasteiger partial charge in [0, 0.05) is 16.3 Å². The lowest BCUT2D eigenvalue weighted by Gasteiger charge is -2.08. The summed E-state index contributed by atoms with van der Waals surface area (Å²) in [6, 6.07) is 20.0. The predicted octanol–water partition coefficient (Wildman–Crippen LogP) is 4.91. The zero-order valence-corrected chi connectivity index (χ0v) is 16.4. The van der Waals surface area contributed by atoms with Gasteiger partial charge < -0.3 is 19.8 Å². The highest BCUT2D eigenvalue weighted by molar-refractivity contribution is 6.31. The van der Waals surface area contributed by atoms with Crippen molar-refractivity contribution in [2.75, 3.05) is 19.0 Å². The van der Waals surface area contributed by atoms with Crippen LogP contribution in [0.1, 0.15) is 0 Å². The molecule has 1 amide bonds. The van der Waals surface area contributed by atoms with Crippen molar-refractivity contribution in [3.8, 4) is 22.9 Å². The molecule has 0 saturated carbocycles. The fourth-order valence-corrected chi connectivity index (χ4v) is 3.02. The molecule has 0 aliphatic rings. The number of amides is 1. The number of fused-ring (bicyclic) bond motifs is 1. The summed E-state index contributed by atoms with van der Waals surface area (Å²) in [5.41, 5.74) is 3.30. The molecule has 0 aliphatic carbocycles. The van der Waals surface area contributed by atoms with Gasteiger partial charge in [0.25, 0.3) is 5.91 Å². The number of aromatic amines is 1. The summed E-state index contributed by atoms with van der Waals surface area (Å²) in [5.74, 6) is 1.82. The smallest absolute Gasteiger partial charge is 0.262 e. The van der Waals surface area contributed by atoms with Crippen LogP contribution in [0.25, 0.3) is 22.4 Å². The molecule has 0 saturated heterocycles. The molecule has 0 radical (unpaired) electrons. The van der Waals surface area contributed by atoms with E-state index in [0.29, 0.717) is 16.5 Å². The Kier molecular flexibility index (Phi) is 5.35. The number of anilines is 1. The number of ether oxygens (including phenoxy) is 2. The van der Waals surface area contributed by atoms with Crippen LogP contribution < -0.4 is 14.8 Å². The molecule has 29 heavy (non-hydrogen) atoms. The summed E-state index contributed by atoms with van der Waals surface area (Å²) in [5, 5.41) is 3.47.